The molecule has 0 radical (unpaired) electrons. The molecule has 3 heteroatoms. The van der Waals surface area contributed by atoms with Crippen molar-refractivity contribution in [3.05, 3.63) is 22.4 Å². The van der Waals surface area contributed by atoms with Crippen molar-refractivity contribution in [3.8, 4) is 0 Å². The number of rotatable bonds is 4. The highest BCUT2D eigenvalue weighted by Gasteiger charge is 2.31. The molecule has 0 aromatic carbocycles. The van der Waals surface area contributed by atoms with Gasteiger partial charge in [0.15, 0.2) is 0 Å². The van der Waals surface area contributed by atoms with Gasteiger partial charge in [0.05, 0.1) is 0 Å². The van der Waals surface area contributed by atoms with Crippen LogP contribution in [-0.2, 0) is 0 Å². The Morgan fingerprint density at radius 3 is 2.90 bits per heavy atom. The number of thiophene rings is 1. The summed E-state index contributed by atoms with van der Waals surface area (Å²) in [5.41, 5.74) is 0. The third kappa shape index (κ3) is 3.26. The summed E-state index contributed by atoms with van der Waals surface area (Å²) in [6.07, 6.45) is 8.48. The normalized spacial score (nSPS) is 27.6. The van der Waals surface area contributed by atoms with E-state index in [-0.39, 0.29) is 0 Å². The second-order valence-corrected chi connectivity index (χ2v) is 7.37. The second kappa shape index (κ2) is 7.06. The number of nitrogens with zero attached hydrogens (tertiary/aromatic N) is 1. The Morgan fingerprint density at radius 2 is 2.20 bits per heavy atom. The highest BCUT2D eigenvalue weighted by molar-refractivity contribution is 7.10. The zero-order valence-electron chi connectivity index (χ0n) is 12.7. The lowest BCUT2D eigenvalue weighted by Gasteiger charge is -2.42. The lowest BCUT2D eigenvalue weighted by molar-refractivity contribution is 0.107. The minimum Gasteiger partial charge on any atom is -0.311 e. The number of hydrogen-bond acceptors (Lipinski definition) is 3. The van der Waals surface area contributed by atoms with Crippen molar-refractivity contribution in [3.63, 3.8) is 0 Å². The molecule has 112 valence electrons. The average Bonchev–Trinajstić information content (AvgIpc) is 3.03. The molecule has 2 fully saturated rings. The fourth-order valence-corrected chi connectivity index (χ4v) is 5.00. The van der Waals surface area contributed by atoms with Crippen LogP contribution in [0.4, 0.5) is 0 Å². The van der Waals surface area contributed by atoms with Crippen LogP contribution < -0.4 is 5.32 Å². The minimum atomic E-state index is 0.642. The summed E-state index contributed by atoms with van der Waals surface area (Å²) in [4.78, 5) is 4.29. The molecule has 0 spiro atoms. The smallest absolute Gasteiger partial charge is 0.0440 e. The molecule has 2 nitrogen and oxygen atoms in total. The molecular weight excluding hydrogens is 264 g/mol. The predicted molar refractivity (Wildman–Crippen MR) is 87.3 cm³/mol. The van der Waals surface area contributed by atoms with Crippen LogP contribution in [-0.4, -0.2) is 30.6 Å². The highest BCUT2D eigenvalue weighted by atomic mass is 32.1. The Hall–Kier alpha value is -0.380. The minimum absolute atomic E-state index is 0.642. The Balaban J connectivity index is 1.64. The van der Waals surface area contributed by atoms with Gasteiger partial charge in [0.1, 0.15) is 0 Å². The Labute approximate surface area is 127 Å². The monoisotopic (exact) mass is 292 g/mol. The van der Waals surface area contributed by atoms with Gasteiger partial charge in [-0.1, -0.05) is 32.3 Å². The van der Waals surface area contributed by atoms with Crippen molar-refractivity contribution in [2.75, 3.05) is 19.6 Å². The van der Waals surface area contributed by atoms with E-state index in [1.165, 1.54) is 58.2 Å². The third-order valence-corrected chi connectivity index (χ3v) is 6.13. The summed E-state index contributed by atoms with van der Waals surface area (Å²) in [6, 6.07) is 5.89. The van der Waals surface area contributed by atoms with Crippen LogP contribution in [0.2, 0.25) is 0 Å². The quantitative estimate of drug-likeness (QED) is 0.900. The van der Waals surface area contributed by atoms with E-state index < -0.39 is 0 Å². The van der Waals surface area contributed by atoms with E-state index in [1.54, 1.807) is 4.88 Å². The van der Waals surface area contributed by atoms with Crippen LogP contribution in [0.25, 0.3) is 0 Å². The van der Waals surface area contributed by atoms with Gasteiger partial charge in [-0.15, -0.1) is 11.3 Å². The third-order valence-electron chi connectivity index (χ3n) is 5.15. The van der Waals surface area contributed by atoms with Crippen molar-refractivity contribution in [2.24, 2.45) is 5.92 Å². The van der Waals surface area contributed by atoms with E-state index in [9.17, 15) is 0 Å². The maximum atomic E-state index is 3.80. The van der Waals surface area contributed by atoms with Crippen LogP contribution in [0.15, 0.2) is 17.5 Å². The molecule has 20 heavy (non-hydrogen) atoms. The van der Waals surface area contributed by atoms with Gasteiger partial charge in [-0.2, -0.15) is 0 Å². The van der Waals surface area contributed by atoms with Gasteiger partial charge < -0.3 is 5.32 Å². The number of nitrogens with one attached hydrogen (secondary N) is 1. The topological polar surface area (TPSA) is 15.3 Å². The van der Waals surface area contributed by atoms with Crippen LogP contribution >= 0.6 is 11.3 Å². The average molecular weight is 292 g/mol. The molecule has 1 aliphatic carbocycles. The SMILES string of the molecule is CCC(c1cccs1)N1CCNC(C2CCCCC2)C1. The van der Waals surface area contributed by atoms with Crippen molar-refractivity contribution in [2.45, 2.75) is 57.5 Å². The maximum absolute atomic E-state index is 3.80. The first-order valence-corrected chi connectivity index (χ1v) is 9.27. The van der Waals surface area contributed by atoms with Crippen molar-refractivity contribution < 1.29 is 0 Å². The van der Waals surface area contributed by atoms with Gasteiger partial charge in [0.25, 0.3) is 0 Å². The highest BCUT2D eigenvalue weighted by Crippen LogP contribution is 2.32. The lowest BCUT2D eigenvalue weighted by Crippen LogP contribution is -2.54. The summed E-state index contributed by atoms with van der Waals surface area (Å²) in [7, 11) is 0. The number of hydrogen-bond donors (Lipinski definition) is 1. The Morgan fingerprint density at radius 1 is 1.35 bits per heavy atom. The molecule has 1 N–H and O–H groups in total. The molecular formula is C17H28N2S. The summed E-state index contributed by atoms with van der Waals surface area (Å²) >= 11 is 1.92. The Kier molecular flexibility index (Phi) is 5.14. The number of piperazine rings is 1. The van der Waals surface area contributed by atoms with Crippen LogP contribution in [0.1, 0.15) is 56.4 Å². The first kappa shape index (κ1) is 14.6. The lowest BCUT2D eigenvalue weighted by atomic mass is 9.83. The predicted octanol–water partition coefficient (Wildman–Crippen LogP) is 4.05. The summed E-state index contributed by atoms with van der Waals surface area (Å²) < 4.78 is 0. The van der Waals surface area contributed by atoms with Gasteiger partial charge in [-0.05, 0) is 36.6 Å². The van der Waals surface area contributed by atoms with E-state index in [0.717, 1.165) is 12.0 Å². The van der Waals surface area contributed by atoms with E-state index in [0.29, 0.717) is 6.04 Å². The molecule has 0 amide bonds. The molecule has 3 rings (SSSR count). The van der Waals surface area contributed by atoms with E-state index in [1.807, 2.05) is 11.3 Å². The van der Waals surface area contributed by atoms with Crippen LogP contribution in [0.5, 0.6) is 0 Å². The van der Waals surface area contributed by atoms with E-state index in [4.69, 9.17) is 0 Å². The van der Waals surface area contributed by atoms with E-state index in [2.05, 4.69) is 34.7 Å². The molecule has 1 aromatic rings. The summed E-state index contributed by atoms with van der Waals surface area (Å²) in [5.74, 6) is 0.924. The molecule has 0 bridgehead atoms. The van der Waals surface area contributed by atoms with Crippen LogP contribution in [0.3, 0.4) is 0 Å². The molecule has 2 atom stereocenters. The zero-order chi connectivity index (χ0) is 13.8. The van der Waals surface area contributed by atoms with E-state index >= 15 is 0 Å². The molecule has 1 aliphatic heterocycles. The van der Waals surface area contributed by atoms with Gasteiger partial charge in [-0.25, -0.2) is 0 Å². The van der Waals surface area contributed by atoms with Gasteiger partial charge >= 0.3 is 0 Å². The zero-order valence-corrected chi connectivity index (χ0v) is 13.5. The van der Waals surface area contributed by atoms with Gasteiger partial charge in [0, 0.05) is 36.6 Å². The molecule has 2 unspecified atom stereocenters. The summed E-state index contributed by atoms with van der Waals surface area (Å²) in [6.45, 7) is 5.96. The van der Waals surface area contributed by atoms with Gasteiger partial charge in [-0.3, -0.25) is 4.90 Å². The van der Waals surface area contributed by atoms with Crippen LogP contribution in [0, 0.1) is 5.92 Å². The first-order valence-electron chi connectivity index (χ1n) is 8.39. The molecule has 1 saturated carbocycles. The molecule has 1 aromatic heterocycles. The maximum Gasteiger partial charge on any atom is 0.0440 e. The molecule has 2 heterocycles. The Bertz CT molecular complexity index is 384. The largest absolute Gasteiger partial charge is 0.311 e. The van der Waals surface area contributed by atoms with Crippen molar-refractivity contribution >= 4 is 11.3 Å². The fraction of sp³-hybridized carbons (Fsp3) is 0.765. The first-order chi connectivity index (χ1) is 9.88. The van der Waals surface area contributed by atoms with Crippen molar-refractivity contribution in [1.29, 1.82) is 0 Å². The summed E-state index contributed by atoms with van der Waals surface area (Å²) in [5, 5.41) is 6.03. The standard InChI is InChI=1S/C17H28N2S/c1-2-16(17-9-6-12-20-17)19-11-10-18-15(13-19)14-7-4-3-5-8-14/h6,9,12,14-16,18H,2-5,7-8,10-11,13H2,1H3. The molecule has 1 saturated heterocycles. The van der Waals surface area contributed by atoms with Gasteiger partial charge in [0.2, 0.25) is 0 Å². The fourth-order valence-electron chi connectivity index (χ4n) is 4.06. The van der Waals surface area contributed by atoms with Crippen molar-refractivity contribution in [1.82, 2.24) is 10.2 Å². The molecule has 2 aliphatic rings. The second-order valence-electron chi connectivity index (χ2n) is 6.39.